The summed E-state index contributed by atoms with van der Waals surface area (Å²) in [7, 11) is 0. The van der Waals surface area contributed by atoms with E-state index in [0.717, 1.165) is 23.5 Å². The van der Waals surface area contributed by atoms with Crippen molar-refractivity contribution in [2.75, 3.05) is 0 Å². The second-order valence-corrected chi connectivity index (χ2v) is 6.52. The number of aromatic amines is 1. The lowest BCUT2D eigenvalue weighted by molar-refractivity contribution is -0.121. The lowest BCUT2D eigenvalue weighted by atomic mass is 9.87. The van der Waals surface area contributed by atoms with Crippen molar-refractivity contribution in [3.8, 4) is 0 Å². The first-order valence-electron chi connectivity index (χ1n) is 5.95. The minimum atomic E-state index is -0.133. The third kappa shape index (κ3) is 5.97. The van der Waals surface area contributed by atoms with E-state index in [1.165, 1.54) is 0 Å². The molecule has 1 atom stereocenters. The number of nitrogens with two attached hydrogens (primary N) is 1. The molecule has 0 saturated carbocycles. The van der Waals surface area contributed by atoms with Gasteiger partial charge in [0.05, 0.1) is 6.54 Å². The molecule has 0 aliphatic carbocycles. The van der Waals surface area contributed by atoms with Crippen LogP contribution in [0.25, 0.3) is 0 Å². The Bertz CT molecular complexity index is 445. The summed E-state index contributed by atoms with van der Waals surface area (Å²) in [6, 6.07) is -0.133. The zero-order valence-corrected chi connectivity index (χ0v) is 11.9. The summed E-state index contributed by atoms with van der Waals surface area (Å²) in [4.78, 5) is 25.1. The number of H-pyrrole nitrogens is 1. The molecule has 6 heteroatoms. The van der Waals surface area contributed by atoms with E-state index < -0.39 is 0 Å². The van der Waals surface area contributed by atoms with Gasteiger partial charge in [0, 0.05) is 23.5 Å². The second kappa shape index (κ2) is 6.15. The molecule has 0 radical (unpaired) electrons. The number of carbonyl (C=O) groups is 1. The highest BCUT2D eigenvalue weighted by atomic mass is 32.1. The molecule has 102 valence electrons. The van der Waals surface area contributed by atoms with E-state index in [4.69, 9.17) is 5.73 Å². The molecule has 1 rings (SSSR count). The van der Waals surface area contributed by atoms with E-state index in [9.17, 15) is 9.59 Å². The van der Waals surface area contributed by atoms with Crippen LogP contribution in [0.1, 0.15) is 39.3 Å². The molecule has 0 fully saturated rings. The predicted octanol–water partition coefficient (Wildman–Crippen LogP) is 1.21. The Morgan fingerprint density at radius 2 is 2.22 bits per heavy atom. The summed E-state index contributed by atoms with van der Waals surface area (Å²) in [6.07, 6.45) is 1.11. The number of hydrogen-bond acceptors (Lipinski definition) is 4. The van der Waals surface area contributed by atoms with Crippen LogP contribution in [0.5, 0.6) is 0 Å². The van der Waals surface area contributed by atoms with Crippen LogP contribution in [0.15, 0.2) is 10.2 Å². The van der Waals surface area contributed by atoms with Crippen LogP contribution < -0.4 is 15.9 Å². The average Bonchev–Trinajstić information content (AvgIpc) is 2.58. The third-order valence-corrected chi connectivity index (χ3v) is 3.09. The summed E-state index contributed by atoms with van der Waals surface area (Å²) in [6.45, 7) is 6.64. The van der Waals surface area contributed by atoms with E-state index >= 15 is 0 Å². The number of thiazole rings is 1. The van der Waals surface area contributed by atoms with Crippen LogP contribution in [0.3, 0.4) is 0 Å². The second-order valence-electron chi connectivity index (χ2n) is 5.68. The van der Waals surface area contributed by atoms with Gasteiger partial charge in [-0.2, -0.15) is 0 Å². The first-order chi connectivity index (χ1) is 8.26. The molecule has 5 nitrogen and oxygen atoms in total. The van der Waals surface area contributed by atoms with Gasteiger partial charge in [0.15, 0.2) is 0 Å². The van der Waals surface area contributed by atoms with Gasteiger partial charge >= 0.3 is 4.87 Å². The van der Waals surface area contributed by atoms with Crippen molar-refractivity contribution in [2.45, 2.75) is 46.2 Å². The maximum atomic E-state index is 11.6. The van der Waals surface area contributed by atoms with Crippen molar-refractivity contribution in [2.24, 2.45) is 11.1 Å². The van der Waals surface area contributed by atoms with Crippen LogP contribution in [-0.2, 0) is 11.3 Å². The highest BCUT2D eigenvalue weighted by Gasteiger charge is 2.17. The van der Waals surface area contributed by atoms with Crippen molar-refractivity contribution >= 4 is 17.2 Å². The van der Waals surface area contributed by atoms with E-state index in [-0.39, 0.29) is 22.2 Å². The molecule has 0 bridgehead atoms. The molecular weight excluding hydrogens is 250 g/mol. The minimum Gasteiger partial charge on any atom is -0.350 e. The molecule has 1 amide bonds. The van der Waals surface area contributed by atoms with Gasteiger partial charge in [0.1, 0.15) is 0 Å². The first-order valence-corrected chi connectivity index (χ1v) is 6.83. The van der Waals surface area contributed by atoms with Gasteiger partial charge in [-0.1, -0.05) is 32.1 Å². The number of nitrogens with one attached hydrogen (secondary N) is 2. The fourth-order valence-electron chi connectivity index (χ4n) is 1.76. The fourth-order valence-corrected chi connectivity index (χ4v) is 2.34. The molecule has 0 saturated heterocycles. The van der Waals surface area contributed by atoms with Crippen molar-refractivity contribution in [3.05, 3.63) is 20.7 Å². The van der Waals surface area contributed by atoms with Crippen molar-refractivity contribution in [1.29, 1.82) is 0 Å². The van der Waals surface area contributed by atoms with Crippen molar-refractivity contribution < 1.29 is 4.79 Å². The predicted molar refractivity (Wildman–Crippen MR) is 73.5 cm³/mol. The molecule has 1 unspecified atom stereocenters. The number of rotatable bonds is 5. The molecule has 0 aromatic carbocycles. The van der Waals surface area contributed by atoms with Gasteiger partial charge < -0.3 is 16.0 Å². The highest BCUT2D eigenvalue weighted by molar-refractivity contribution is 7.07. The van der Waals surface area contributed by atoms with Crippen LogP contribution in [0.2, 0.25) is 0 Å². The Labute approximate surface area is 111 Å². The molecular formula is C12H21N3O2S. The van der Waals surface area contributed by atoms with Crippen LogP contribution >= 0.6 is 11.3 Å². The quantitative estimate of drug-likeness (QED) is 0.752. The van der Waals surface area contributed by atoms with Gasteiger partial charge in [-0.15, -0.1) is 0 Å². The van der Waals surface area contributed by atoms with Gasteiger partial charge in [-0.3, -0.25) is 9.59 Å². The standard InChI is InChI=1S/C12H21N3O2S/c1-12(2,3)5-8(13)4-10(16)14-6-9-7-18-11(17)15-9/h7-8H,4-6,13H2,1-3H3,(H,14,16)(H,15,17). The van der Waals surface area contributed by atoms with Gasteiger partial charge in [-0.05, 0) is 11.8 Å². The van der Waals surface area contributed by atoms with Gasteiger partial charge in [0.25, 0.3) is 0 Å². The average molecular weight is 271 g/mol. The third-order valence-electron chi connectivity index (χ3n) is 2.37. The number of amides is 1. The SMILES string of the molecule is CC(C)(C)CC(N)CC(=O)NCc1csc(=O)[nH]1. The zero-order chi connectivity index (χ0) is 13.8. The zero-order valence-electron chi connectivity index (χ0n) is 11.1. The maximum absolute atomic E-state index is 11.6. The van der Waals surface area contributed by atoms with E-state index in [1.54, 1.807) is 5.38 Å². The molecule has 0 aliphatic heterocycles. The van der Waals surface area contributed by atoms with Crippen LogP contribution in [-0.4, -0.2) is 16.9 Å². The maximum Gasteiger partial charge on any atom is 0.304 e. The summed E-state index contributed by atoms with van der Waals surface area (Å²) in [5.41, 5.74) is 6.77. The summed E-state index contributed by atoms with van der Waals surface area (Å²) < 4.78 is 0. The lowest BCUT2D eigenvalue weighted by Gasteiger charge is -2.22. The van der Waals surface area contributed by atoms with Crippen molar-refractivity contribution in [1.82, 2.24) is 10.3 Å². The van der Waals surface area contributed by atoms with Crippen LogP contribution in [0, 0.1) is 5.41 Å². The highest BCUT2D eigenvalue weighted by Crippen LogP contribution is 2.20. The summed E-state index contributed by atoms with van der Waals surface area (Å²) in [5.74, 6) is -0.0844. The molecule has 18 heavy (non-hydrogen) atoms. The Morgan fingerprint density at radius 3 is 2.72 bits per heavy atom. The molecule has 1 aromatic rings. The Hall–Kier alpha value is -1.14. The van der Waals surface area contributed by atoms with Crippen molar-refractivity contribution in [3.63, 3.8) is 0 Å². The fraction of sp³-hybridized carbons (Fsp3) is 0.667. The number of aromatic nitrogens is 1. The molecule has 1 heterocycles. The molecule has 0 spiro atoms. The van der Waals surface area contributed by atoms with E-state index in [2.05, 4.69) is 31.1 Å². The Balaban J connectivity index is 2.31. The number of hydrogen-bond donors (Lipinski definition) is 3. The smallest absolute Gasteiger partial charge is 0.304 e. The lowest BCUT2D eigenvalue weighted by Crippen LogP contribution is -2.34. The number of carbonyl (C=O) groups excluding carboxylic acids is 1. The van der Waals surface area contributed by atoms with E-state index in [1.807, 2.05) is 0 Å². The monoisotopic (exact) mass is 271 g/mol. The Kier molecular flexibility index (Phi) is 5.10. The first kappa shape index (κ1) is 14.9. The normalized spacial score (nSPS) is 13.3. The van der Waals surface area contributed by atoms with Gasteiger partial charge in [0.2, 0.25) is 5.91 Å². The Morgan fingerprint density at radius 1 is 1.56 bits per heavy atom. The van der Waals surface area contributed by atoms with E-state index in [0.29, 0.717) is 13.0 Å². The topological polar surface area (TPSA) is 88.0 Å². The molecule has 1 aromatic heterocycles. The largest absolute Gasteiger partial charge is 0.350 e. The minimum absolute atomic E-state index is 0.0844. The molecule has 4 N–H and O–H groups in total. The van der Waals surface area contributed by atoms with Crippen LogP contribution in [0.4, 0.5) is 0 Å². The van der Waals surface area contributed by atoms with Gasteiger partial charge in [-0.25, -0.2) is 0 Å². The summed E-state index contributed by atoms with van der Waals surface area (Å²) >= 11 is 1.09. The summed E-state index contributed by atoms with van der Waals surface area (Å²) in [5, 5.41) is 4.45. The molecule has 0 aliphatic rings.